The molecule has 0 saturated carbocycles. The van der Waals surface area contributed by atoms with E-state index in [1.54, 1.807) is 0 Å². The largest absolute Gasteiger partial charge is 0.416 e. The van der Waals surface area contributed by atoms with Crippen LogP contribution in [0.2, 0.25) is 5.02 Å². The van der Waals surface area contributed by atoms with Crippen molar-refractivity contribution in [3.8, 4) is 0 Å². The number of halogens is 5. The number of anilines is 1. The highest BCUT2D eigenvalue weighted by Gasteiger charge is 2.29. The second-order valence-corrected chi connectivity index (χ2v) is 4.95. The van der Waals surface area contributed by atoms with Gasteiger partial charge in [0.15, 0.2) is 0 Å². The van der Waals surface area contributed by atoms with Crippen LogP contribution < -0.4 is 5.32 Å². The molecule has 1 N–H and O–H groups in total. The number of amides is 1. The van der Waals surface area contributed by atoms with E-state index in [0.717, 1.165) is 24.3 Å². The second-order valence-electron chi connectivity index (χ2n) is 4.54. The van der Waals surface area contributed by atoms with Gasteiger partial charge in [-0.25, -0.2) is 4.39 Å². The lowest BCUT2D eigenvalue weighted by Gasteiger charge is -2.09. The molecule has 0 radical (unpaired) electrons. The van der Waals surface area contributed by atoms with Crippen molar-refractivity contribution in [2.24, 2.45) is 0 Å². The molecule has 2 rings (SSSR count). The summed E-state index contributed by atoms with van der Waals surface area (Å²) >= 11 is 5.77. The lowest BCUT2D eigenvalue weighted by Crippen LogP contribution is -2.15. The summed E-state index contributed by atoms with van der Waals surface area (Å²) in [5.41, 5.74) is -0.123. The molecule has 0 aliphatic rings. The Morgan fingerprint density at radius 1 is 1.09 bits per heavy atom. The number of carbonyl (C=O) groups excluding carboxylic acids is 1. The fraction of sp³-hybridized carbons (Fsp3) is 0.133. The van der Waals surface area contributed by atoms with Crippen LogP contribution in [-0.2, 0) is 17.4 Å². The van der Waals surface area contributed by atoms with Gasteiger partial charge in [-0.05, 0) is 35.9 Å². The summed E-state index contributed by atoms with van der Waals surface area (Å²) in [6.07, 6.45) is -4.53. The lowest BCUT2D eigenvalue weighted by molar-refractivity contribution is -0.137. The normalized spacial score (nSPS) is 11.3. The Bertz CT molecular complexity index is 683. The van der Waals surface area contributed by atoms with Crippen molar-refractivity contribution in [2.45, 2.75) is 12.6 Å². The fourth-order valence-corrected chi connectivity index (χ4v) is 2.00. The first-order chi connectivity index (χ1) is 10.3. The number of carbonyl (C=O) groups is 1. The van der Waals surface area contributed by atoms with Gasteiger partial charge in [-0.2, -0.15) is 13.2 Å². The van der Waals surface area contributed by atoms with E-state index in [9.17, 15) is 22.4 Å². The molecule has 0 bridgehead atoms. The van der Waals surface area contributed by atoms with E-state index in [4.69, 9.17) is 11.6 Å². The van der Waals surface area contributed by atoms with Gasteiger partial charge in [-0.15, -0.1) is 0 Å². The highest BCUT2D eigenvalue weighted by Crippen LogP contribution is 2.29. The predicted molar refractivity (Wildman–Crippen MR) is 75.2 cm³/mol. The molecule has 2 nitrogen and oxygen atoms in total. The minimum absolute atomic E-state index is 0.0424. The van der Waals surface area contributed by atoms with Gasteiger partial charge in [-0.1, -0.05) is 23.7 Å². The highest BCUT2D eigenvalue weighted by molar-refractivity contribution is 6.33. The van der Waals surface area contributed by atoms with Gasteiger partial charge in [-0.3, -0.25) is 4.79 Å². The van der Waals surface area contributed by atoms with Crippen LogP contribution in [0, 0.1) is 5.82 Å². The van der Waals surface area contributed by atoms with E-state index < -0.39 is 23.5 Å². The molecule has 0 saturated heterocycles. The summed E-state index contributed by atoms with van der Waals surface area (Å²) < 4.78 is 50.1. The summed E-state index contributed by atoms with van der Waals surface area (Å²) in [5.74, 6) is -1.00. The minimum Gasteiger partial charge on any atom is -0.324 e. The highest BCUT2D eigenvalue weighted by atomic mass is 35.5. The third kappa shape index (κ3) is 4.21. The maximum Gasteiger partial charge on any atom is 0.416 e. The molecule has 116 valence electrons. The molecule has 0 fully saturated rings. The topological polar surface area (TPSA) is 29.1 Å². The Morgan fingerprint density at radius 3 is 2.27 bits per heavy atom. The molecule has 0 unspecified atom stereocenters. The first-order valence-corrected chi connectivity index (χ1v) is 6.54. The SMILES string of the molecule is O=C(Cc1ccc(C(F)(F)F)cc1)Nc1ccc(F)cc1Cl. The van der Waals surface area contributed by atoms with Crippen molar-refractivity contribution < 1.29 is 22.4 Å². The number of hydrogen-bond acceptors (Lipinski definition) is 1. The van der Waals surface area contributed by atoms with Crippen molar-refractivity contribution in [3.05, 3.63) is 64.4 Å². The maximum atomic E-state index is 12.9. The van der Waals surface area contributed by atoms with Crippen molar-refractivity contribution in [3.63, 3.8) is 0 Å². The molecule has 22 heavy (non-hydrogen) atoms. The molecular weight excluding hydrogens is 322 g/mol. The van der Waals surface area contributed by atoms with Gasteiger partial charge in [0.1, 0.15) is 5.82 Å². The van der Waals surface area contributed by atoms with Gasteiger partial charge < -0.3 is 5.32 Å². The third-order valence-electron chi connectivity index (χ3n) is 2.85. The summed E-state index contributed by atoms with van der Waals surface area (Å²) in [7, 11) is 0. The van der Waals surface area contributed by atoms with Gasteiger partial charge >= 0.3 is 6.18 Å². The lowest BCUT2D eigenvalue weighted by atomic mass is 10.1. The molecule has 0 aromatic heterocycles. The second kappa shape index (κ2) is 6.36. The minimum atomic E-state index is -4.41. The summed E-state index contributed by atoms with van der Waals surface area (Å²) in [6.45, 7) is 0. The Hall–Kier alpha value is -2.08. The van der Waals surface area contributed by atoms with Crippen LogP contribution in [0.5, 0.6) is 0 Å². The standard InChI is InChI=1S/C15H10ClF4NO/c16-12-8-11(17)5-6-13(12)21-14(22)7-9-1-3-10(4-2-9)15(18,19)20/h1-6,8H,7H2,(H,21,22). The molecule has 2 aromatic carbocycles. The monoisotopic (exact) mass is 331 g/mol. The molecule has 0 heterocycles. The summed E-state index contributed by atoms with van der Waals surface area (Å²) in [5, 5.41) is 2.51. The first kappa shape index (κ1) is 16.3. The number of alkyl halides is 3. The molecule has 0 aliphatic carbocycles. The van der Waals surface area contributed by atoms with E-state index in [-0.39, 0.29) is 17.1 Å². The fourth-order valence-electron chi connectivity index (χ4n) is 1.78. The van der Waals surface area contributed by atoms with Crippen LogP contribution in [0.3, 0.4) is 0 Å². The van der Waals surface area contributed by atoms with Gasteiger partial charge in [0.25, 0.3) is 0 Å². The van der Waals surface area contributed by atoms with Gasteiger partial charge in [0.2, 0.25) is 5.91 Å². The zero-order valence-electron chi connectivity index (χ0n) is 11.0. The number of rotatable bonds is 3. The summed E-state index contributed by atoms with van der Waals surface area (Å²) in [4.78, 5) is 11.8. The van der Waals surface area contributed by atoms with E-state index in [0.29, 0.717) is 5.56 Å². The number of hydrogen-bond donors (Lipinski definition) is 1. The van der Waals surface area contributed by atoms with Gasteiger partial charge in [0.05, 0.1) is 22.7 Å². The summed E-state index contributed by atoms with van der Waals surface area (Å²) in [6, 6.07) is 7.78. The smallest absolute Gasteiger partial charge is 0.324 e. The van der Waals surface area contributed by atoms with Crippen LogP contribution >= 0.6 is 11.6 Å². The van der Waals surface area contributed by atoms with E-state index in [1.807, 2.05) is 0 Å². The molecule has 7 heteroatoms. The average molecular weight is 332 g/mol. The Balaban J connectivity index is 2.03. The van der Waals surface area contributed by atoms with Crippen LogP contribution in [0.25, 0.3) is 0 Å². The quantitative estimate of drug-likeness (QED) is 0.813. The van der Waals surface area contributed by atoms with Crippen LogP contribution in [0.15, 0.2) is 42.5 Å². The van der Waals surface area contributed by atoms with Crippen molar-refractivity contribution in [1.82, 2.24) is 0 Å². The van der Waals surface area contributed by atoms with E-state index >= 15 is 0 Å². The molecule has 0 spiro atoms. The third-order valence-corrected chi connectivity index (χ3v) is 3.16. The molecule has 0 aliphatic heterocycles. The average Bonchev–Trinajstić information content (AvgIpc) is 2.41. The number of benzene rings is 2. The number of nitrogens with one attached hydrogen (secondary N) is 1. The Kier molecular flexibility index (Phi) is 4.71. The van der Waals surface area contributed by atoms with Gasteiger partial charge in [0, 0.05) is 0 Å². The molecule has 2 aromatic rings. The zero-order valence-corrected chi connectivity index (χ0v) is 11.8. The van der Waals surface area contributed by atoms with Crippen molar-refractivity contribution in [1.29, 1.82) is 0 Å². The molecule has 0 atom stereocenters. The Morgan fingerprint density at radius 2 is 1.73 bits per heavy atom. The molecule has 1 amide bonds. The van der Waals surface area contributed by atoms with Crippen LogP contribution in [-0.4, -0.2) is 5.91 Å². The molecular formula is C15H10ClF4NO. The zero-order chi connectivity index (χ0) is 16.3. The Labute approximate surface area is 128 Å². The maximum absolute atomic E-state index is 12.9. The van der Waals surface area contributed by atoms with Crippen LogP contribution in [0.1, 0.15) is 11.1 Å². The van der Waals surface area contributed by atoms with E-state index in [1.165, 1.54) is 18.2 Å². The van der Waals surface area contributed by atoms with E-state index in [2.05, 4.69) is 5.32 Å². The first-order valence-electron chi connectivity index (χ1n) is 6.17. The van der Waals surface area contributed by atoms with Crippen molar-refractivity contribution in [2.75, 3.05) is 5.32 Å². The van der Waals surface area contributed by atoms with Crippen molar-refractivity contribution >= 4 is 23.2 Å². The van der Waals surface area contributed by atoms with Crippen LogP contribution in [0.4, 0.5) is 23.2 Å². The predicted octanol–water partition coefficient (Wildman–Crippen LogP) is 4.68.